The summed E-state index contributed by atoms with van der Waals surface area (Å²) in [7, 11) is 0. The van der Waals surface area contributed by atoms with Gasteiger partial charge in [-0.05, 0) is 73.5 Å². The van der Waals surface area contributed by atoms with E-state index in [1.165, 1.54) is 4.90 Å². The van der Waals surface area contributed by atoms with Crippen molar-refractivity contribution in [2.45, 2.75) is 26.3 Å². The number of anilines is 1. The molecule has 1 aromatic heterocycles. The number of benzene rings is 3. The van der Waals surface area contributed by atoms with E-state index in [9.17, 15) is 14.4 Å². The average Bonchev–Trinajstić information content (AvgIpc) is 3.20. The van der Waals surface area contributed by atoms with Gasteiger partial charge < -0.3 is 13.9 Å². The molecule has 1 aliphatic heterocycles. The standard InChI is InChI=1S/C29H24BrNO6/c1-3-15-36-21-12-7-17(8-13-21)25-24-26(32)22-16-19(30)9-14-23(22)37-27(24)28(33)31(25)20-10-5-18(6-11-20)29(34)35-4-2/h5-14,16,25H,3-4,15H2,1-2H3. The fourth-order valence-corrected chi connectivity index (χ4v) is 4.83. The van der Waals surface area contributed by atoms with Crippen molar-refractivity contribution in [3.05, 3.63) is 104 Å². The Balaban J connectivity index is 1.65. The molecule has 0 spiro atoms. The maximum Gasteiger partial charge on any atom is 0.338 e. The monoisotopic (exact) mass is 561 g/mol. The van der Waals surface area contributed by atoms with Crippen molar-refractivity contribution < 1.29 is 23.5 Å². The molecule has 5 rings (SSSR count). The second-order valence-electron chi connectivity index (χ2n) is 8.58. The van der Waals surface area contributed by atoms with E-state index in [1.807, 2.05) is 31.2 Å². The smallest absolute Gasteiger partial charge is 0.338 e. The van der Waals surface area contributed by atoms with Crippen molar-refractivity contribution in [2.24, 2.45) is 0 Å². The fourth-order valence-electron chi connectivity index (χ4n) is 4.47. The number of fused-ring (bicyclic) bond motifs is 2. The Kier molecular flexibility index (Phi) is 6.84. The molecule has 2 heterocycles. The highest BCUT2D eigenvalue weighted by atomic mass is 79.9. The summed E-state index contributed by atoms with van der Waals surface area (Å²) in [5, 5.41) is 0.383. The Labute approximate surface area is 221 Å². The van der Waals surface area contributed by atoms with Gasteiger partial charge in [0.05, 0.1) is 35.8 Å². The maximum absolute atomic E-state index is 13.8. The predicted octanol–water partition coefficient (Wildman–Crippen LogP) is 6.27. The summed E-state index contributed by atoms with van der Waals surface area (Å²) in [4.78, 5) is 41.2. The van der Waals surface area contributed by atoms with Crippen molar-refractivity contribution in [3.63, 3.8) is 0 Å². The van der Waals surface area contributed by atoms with Crippen LogP contribution in [0.15, 0.2) is 80.4 Å². The van der Waals surface area contributed by atoms with Crippen LogP contribution in [0.5, 0.6) is 5.75 Å². The van der Waals surface area contributed by atoms with Gasteiger partial charge in [-0.2, -0.15) is 0 Å². The first kappa shape index (κ1) is 24.8. The molecule has 0 radical (unpaired) electrons. The summed E-state index contributed by atoms with van der Waals surface area (Å²) < 4.78 is 17.5. The highest BCUT2D eigenvalue weighted by Crippen LogP contribution is 2.41. The number of carbonyl (C=O) groups is 2. The molecule has 1 amide bonds. The van der Waals surface area contributed by atoms with E-state index in [0.29, 0.717) is 34.6 Å². The molecule has 4 aromatic rings. The van der Waals surface area contributed by atoms with Crippen LogP contribution in [0.4, 0.5) is 5.69 Å². The highest BCUT2D eigenvalue weighted by Gasteiger charge is 2.43. The van der Waals surface area contributed by atoms with Crippen molar-refractivity contribution in [1.29, 1.82) is 0 Å². The first-order chi connectivity index (χ1) is 17.9. The lowest BCUT2D eigenvalue weighted by Crippen LogP contribution is -2.29. The molecule has 188 valence electrons. The first-order valence-corrected chi connectivity index (χ1v) is 12.8. The molecule has 0 saturated carbocycles. The van der Waals surface area contributed by atoms with Crippen molar-refractivity contribution >= 4 is 44.5 Å². The van der Waals surface area contributed by atoms with Crippen molar-refractivity contribution in [2.75, 3.05) is 18.1 Å². The van der Waals surface area contributed by atoms with Crippen LogP contribution in [0, 0.1) is 0 Å². The van der Waals surface area contributed by atoms with Crippen LogP contribution in [-0.2, 0) is 4.74 Å². The first-order valence-electron chi connectivity index (χ1n) is 12.0. The number of halogens is 1. The molecule has 0 fully saturated rings. The van der Waals surface area contributed by atoms with E-state index in [-0.39, 0.29) is 23.4 Å². The molecule has 1 aliphatic rings. The number of rotatable bonds is 7. The molecule has 1 atom stereocenters. The molecule has 0 N–H and O–H groups in total. The average molecular weight is 562 g/mol. The number of esters is 1. The molecule has 0 aliphatic carbocycles. The molecule has 8 heteroatoms. The highest BCUT2D eigenvalue weighted by molar-refractivity contribution is 9.10. The Bertz CT molecular complexity index is 1540. The van der Waals surface area contributed by atoms with Gasteiger partial charge in [-0.25, -0.2) is 4.79 Å². The molecular weight excluding hydrogens is 538 g/mol. The summed E-state index contributed by atoms with van der Waals surface area (Å²) in [6.07, 6.45) is 0.880. The number of ether oxygens (including phenoxy) is 2. The molecule has 1 unspecified atom stereocenters. The van der Waals surface area contributed by atoms with Crippen LogP contribution in [0.25, 0.3) is 11.0 Å². The zero-order valence-electron chi connectivity index (χ0n) is 20.3. The van der Waals surface area contributed by atoms with Gasteiger partial charge in [-0.15, -0.1) is 0 Å². The molecule has 0 saturated heterocycles. The summed E-state index contributed by atoms with van der Waals surface area (Å²) in [5.41, 5.74) is 1.95. The number of carbonyl (C=O) groups excluding carboxylic acids is 2. The summed E-state index contributed by atoms with van der Waals surface area (Å²) in [6, 6.07) is 18.3. The van der Waals surface area contributed by atoms with Gasteiger partial charge in [0.15, 0.2) is 5.43 Å². The van der Waals surface area contributed by atoms with E-state index in [4.69, 9.17) is 13.9 Å². The Morgan fingerprint density at radius 2 is 1.73 bits per heavy atom. The van der Waals surface area contributed by atoms with Gasteiger partial charge in [0.1, 0.15) is 11.3 Å². The SMILES string of the molecule is CCCOc1ccc(C2c3c(oc4ccc(Br)cc4c3=O)C(=O)N2c2ccc(C(=O)OCC)cc2)cc1. The third-order valence-corrected chi connectivity index (χ3v) is 6.65. The van der Waals surface area contributed by atoms with Gasteiger partial charge in [0.25, 0.3) is 5.91 Å². The van der Waals surface area contributed by atoms with Gasteiger partial charge in [-0.1, -0.05) is 35.0 Å². The third-order valence-electron chi connectivity index (χ3n) is 6.16. The van der Waals surface area contributed by atoms with E-state index < -0.39 is 17.9 Å². The lowest BCUT2D eigenvalue weighted by atomic mass is 9.98. The number of amides is 1. The van der Waals surface area contributed by atoms with Crippen LogP contribution in [0.1, 0.15) is 58.3 Å². The minimum atomic E-state index is -0.726. The van der Waals surface area contributed by atoms with Gasteiger partial charge in [0.2, 0.25) is 5.76 Å². The second-order valence-corrected chi connectivity index (χ2v) is 9.49. The Morgan fingerprint density at radius 1 is 1.00 bits per heavy atom. The largest absolute Gasteiger partial charge is 0.494 e. The lowest BCUT2D eigenvalue weighted by molar-refractivity contribution is 0.0526. The number of hydrogen-bond donors (Lipinski definition) is 0. The summed E-state index contributed by atoms with van der Waals surface area (Å²) in [5.74, 6) is -0.171. The minimum Gasteiger partial charge on any atom is -0.494 e. The lowest BCUT2D eigenvalue weighted by Gasteiger charge is -2.25. The van der Waals surface area contributed by atoms with E-state index in [2.05, 4.69) is 15.9 Å². The third kappa shape index (κ3) is 4.53. The molecule has 37 heavy (non-hydrogen) atoms. The fraction of sp³-hybridized carbons (Fsp3) is 0.207. The summed E-state index contributed by atoms with van der Waals surface area (Å²) in [6.45, 7) is 4.62. The quantitative estimate of drug-likeness (QED) is 0.247. The van der Waals surface area contributed by atoms with E-state index in [1.54, 1.807) is 49.4 Å². The minimum absolute atomic E-state index is 0.00519. The molecule has 3 aromatic carbocycles. The van der Waals surface area contributed by atoms with Gasteiger partial charge in [0, 0.05) is 10.2 Å². The molecular formula is C29H24BrNO6. The number of hydrogen-bond acceptors (Lipinski definition) is 6. The van der Waals surface area contributed by atoms with Crippen LogP contribution in [-0.4, -0.2) is 25.1 Å². The summed E-state index contributed by atoms with van der Waals surface area (Å²) >= 11 is 3.42. The number of nitrogens with zero attached hydrogens (tertiary/aromatic N) is 1. The Hall–Kier alpha value is -3.91. The normalized spacial score (nSPS) is 14.6. The van der Waals surface area contributed by atoms with Crippen molar-refractivity contribution in [3.8, 4) is 5.75 Å². The van der Waals surface area contributed by atoms with Gasteiger partial charge >= 0.3 is 5.97 Å². The van der Waals surface area contributed by atoms with Crippen molar-refractivity contribution in [1.82, 2.24) is 0 Å². The molecule has 7 nitrogen and oxygen atoms in total. The predicted molar refractivity (Wildman–Crippen MR) is 143 cm³/mol. The van der Waals surface area contributed by atoms with E-state index in [0.717, 1.165) is 16.5 Å². The van der Waals surface area contributed by atoms with E-state index >= 15 is 0 Å². The van der Waals surface area contributed by atoms with Gasteiger partial charge in [-0.3, -0.25) is 14.5 Å². The molecule has 0 bridgehead atoms. The second kappa shape index (κ2) is 10.2. The van der Waals surface area contributed by atoms with Crippen LogP contribution >= 0.6 is 15.9 Å². The van der Waals surface area contributed by atoms with Crippen LogP contribution in [0.2, 0.25) is 0 Å². The zero-order chi connectivity index (χ0) is 26.1. The maximum atomic E-state index is 13.8. The zero-order valence-corrected chi connectivity index (χ0v) is 21.9. The Morgan fingerprint density at radius 3 is 2.41 bits per heavy atom. The topological polar surface area (TPSA) is 86.0 Å². The van der Waals surface area contributed by atoms with Crippen LogP contribution < -0.4 is 15.1 Å². The van der Waals surface area contributed by atoms with Crippen LogP contribution in [0.3, 0.4) is 0 Å².